The zero-order valence-corrected chi connectivity index (χ0v) is 14.3. The number of guanidine groups is 1. The molecule has 1 amide bonds. The molecule has 2 rings (SSSR count). The topological polar surface area (TPSA) is 74.8 Å². The highest BCUT2D eigenvalue weighted by Gasteiger charge is 2.11. The fourth-order valence-electron chi connectivity index (χ4n) is 2.44. The lowest BCUT2D eigenvalue weighted by Crippen LogP contribution is -2.42. The van der Waals surface area contributed by atoms with E-state index in [-0.39, 0.29) is 5.91 Å². The monoisotopic (exact) mass is 330 g/mol. The minimum Gasteiger partial charge on any atom is -0.492 e. The third-order valence-electron chi connectivity index (χ3n) is 3.48. The Balaban J connectivity index is 1.79. The van der Waals surface area contributed by atoms with Crippen molar-refractivity contribution in [1.29, 1.82) is 0 Å². The van der Waals surface area contributed by atoms with Gasteiger partial charge in [-0.1, -0.05) is 18.2 Å². The number of aliphatic imine (C=N–C) groups is 1. The molecule has 0 aliphatic heterocycles. The number of rotatable bonds is 7. The summed E-state index contributed by atoms with van der Waals surface area (Å²) < 4.78 is 5.70. The maximum Gasteiger partial charge on any atom is 0.221 e. The van der Waals surface area contributed by atoms with E-state index in [0.29, 0.717) is 19.2 Å². The van der Waals surface area contributed by atoms with Crippen molar-refractivity contribution in [1.82, 2.24) is 10.6 Å². The molecule has 1 aliphatic rings. The Kier molecular flexibility index (Phi) is 7.14. The molecule has 0 heterocycles. The lowest BCUT2D eigenvalue weighted by atomic mass is 10.2. The van der Waals surface area contributed by atoms with E-state index in [1.165, 1.54) is 6.92 Å². The minimum absolute atomic E-state index is 0.0977. The summed E-state index contributed by atoms with van der Waals surface area (Å²) in [6.07, 6.45) is 6.45. The largest absolute Gasteiger partial charge is 0.492 e. The number of ether oxygens (including phenoxy) is 1. The molecule has 6 heteroatoms. The van der Waals surface area contributed by atoms with Crippen molar-refractivity contribution < 1.29 is 9.53 Å². The zero-order chi connectivity index (χ0) is 17.2. The van der Waals surface area contributed by atoms with E-state index >= 15 is 0 Å². The lowest BCUT2D eigenvalue weighted by Gasteiger charge is -2.16. The highest BCUT2D eigenvalue weighted by molar-refractivity contribution is 5.88. The number of nitrogens with zero attached hydrogens (tertiary/aromatic N) is 1. The van der Waals surface area contributed by atoms with Gasteiger partial charge in [0.2, 0.25) is 5.91 Å². The fraction of sp³-hybridized carbons (Fsp3) is 0.444. The number of carbonyl (C=O) groups excluding carboxylic acids is 1. The van der Waals surface area contributed by atoms with Crippen molar-refractivity contribution in [2.45, 2.75) is 32.7 Å². The summed E-state index contributed by atoms with van der Waals surface area (Å²) in [6, 6.07) is 7.78. The number of amides is 1. The van der Waals surface area contributed by atoms with Gasteiger partial charge in [0.05, 0.1) is 6.54 Å². The summed E-state index contributed by atoms with van der Waals surface area (Å²) in [5, 5.41) is 9.41. The van der Waals surface area contributed by atoms with Crippen molar-refractivity contribution in [2.24, 2.45) is 4.99 Å². The average Bonchev–Trinajstić information content (AvgIpc) is 3.04. The van der Waals surface area contributed by atoms with Gasteiger partial charge in [0, 0.05) is 31.3 Å². The summed E-state index contributed by atoms with van der Waals surface area (Å²) in [7, 11) is 0. The van der Waals surface area contributed by atoms with Gasteiger partial charge in [-0.3, -0.25) is 4.79 Å². The van der Waals surface area contributed by atoms with E-state index < -0.39 is 0 Å². The van der Waals surface area contributed by atoms with Crippen LogP contribution in [0.2, 0.25) is 0 Å². The summed E-state index contributed by atoms with van der Waals surface area (Å²) >= 11 is 0. The molecular formula is C18H26N4O2. The van der Waals surface area contributed by atoms with Crippen LogP contribution in [0, 0.1) is 0 Å². The first-order chi connectivity index (χ1) is 11.7. The molecule has 1 aromatic carbocycles. The van der Waals surface area contributed by atoms with Crippen LogP contribution in [0.25, 0.3) is 0 Å². The predicted octanol–water partition coefficient (Wildman–Crippen LogP) is 2.30. The van der Waals surface area contributed by atoms with Gasteiger partial charge in [0.25, 0.3) is 0 Å². The van der Waals surface area contributed by atoms with Gasteiger partial charge in [-0.2, -0.15) is 0 Å². The van der Waals surface area contributed by atoms with Crippen LogP contribution in [0.5, 0.6) is 5.75 Å². The van der Waals surface area contributed by atoms with Gasteiger partial charge in [-0.05, 0) is 31.9 Å². The van der Waals surface area contributed by atoms with Crippen molar-refractivity contribution in [3.63, 3.8) is 0 Å². The number of anilines is 1. The van der Waals surface area contributed by atoms with E-state index in [4.69, 9.17) is 4.74 Å². The lowest BCUT2D eigenvalue weighted by molar-refractivity contribution is -0.114. The highest BCUT2D eigenvalue weighted by atomic mass is 16.5. The molecular weight excluding hydrogens is 304 g/mol. The van der Waals surface area contributed by atoms with E-state index in [1.54, 1.807) is 6.07 Å². The molecule has 0 unspecified atom stereocenters. The number of hydrogen-bond acceptors (Lipinski definition) is 3. The van der Waals surface area contributed by atoms with Crippen LogP contribution in [-0.2, 0) is 4.79 Å². The quantitative estimate of drug-likeness (QED) is 0.310. The Morgan fingerprint density at radius 2 is 2.12 bits per heavy atom. The van der Waals surface area contributed by atoms with Gasteiger partial charge in [0.1, 0.15) is 12.4 Å². The second-order valence-corrected chi connectivity index (χ2v) is 5.60. The summed E-state index contributed by atoms with van der Waals surface area (Å²) in [5.41, 5.74) is 0.729. The van der Waals surface area contributed by atoms with Crippen LogP contribution in [0.15, 0.2) is 41.4 Å². The predicted molar refractivity (Wildman–Crippen MR) is 97.5 cm³/mol. The normalized spacial score (nSPS) is 14.5. The van der Waals surface area contributed by atoms with Crippen LogP contribution >= 0.6 is 0 Å². The second kappa shape index (κ2) is 9.60. The van der Waals surface area contributed by atoms with Crippen LogP contribution in [0.4, 0.5) is 5.69 Å². The molecule has 1 aromatic rings. The third-order valence-corrected chi connectivity index (χ3v) is 3.48. The van der Waals surface area contributed by atoms with Crippen molar-refractivity contribution in [2.75, 3.05) is 25.0 Å². The molecule has 130 valence electrons. The molecule has 0 spiro atoms. The first-order valence-electron chi connectivity index (χ1n) is 8.37. The third kappa shape index (κ3) is 6.32. The molecule has 1 aliphatic carbocycles. The summed E-state index contributed by atoms with van der Waals surface area (Å²) in [5.74, 6) is 1.44. The van der Waals surface area contributed by atoms with Crippen molar-refractivity contribution >= 4 is 17.6 Å². The maximum absolute atomic E-state index is 11.1. The fourth-order valence-corrected chi connectivity index (χ4v) is 2.44. The molecule has 0 bridgehead atoms. The molecule has 0 atom stereocenters. The summed E-state index contributed by atoms with van der Waals surface area (Å²) in [4.78, 5) is 15.6. The number of hydrogen-bond donors (Lipinski definition) is 3. The average molecular weight is 330 g/mol. The molecule has 0 fully saturated rings. The number of benzene rings is 1. The Hall–Kier alpha value is -2.50. The number of carbonyl (C=O) groups is 1. The Labute approximate surface area is 143 Å². The van der Waals surface area contributed by atoms with Gasteiger partial charge in [-0.25, -0.2) is 4.99 Å². The minimum atomic E-state index is -0.0977. The van der Waals surface area contributed by atoms with E-state index in [1.807, 2.05) is 25.1 Å². The van der Waals surface area contributed by atoms with Crippen LogP contribution < -0.4 is 20.7 Å². The van der Waals surface area contributed by atoms with Gasteiger partial charge < -0.3 is 20.7 Å². The second-order valence-electron chi connectivity index (χ2n) is 5.60. The Bertz CT molecular complexity index is 590. The Morgan fingerprint density at radius 3 is 2.83 bits per heavy atom. The number of nitrogens with one attached hydrogen (secondary N) is 3. The highest BCUT2D eigenvalue weighted by Crippen LogP contribution is 2.17. The van der Waals surface area contributed by atoms with E-state index in [0.717, 1.165) is 36.8 Å². The molecule has 0 saturated heterocycles. The van der Waals surface area contributed by atoms with Gasteiger partial charge in [0.15, 0.2) is 5.96 Å². The Morgan fingerprint density at radius 1 is 1.33 bits per heavy atom. The van der Waals surface area contributed by atoms with Gasteiger partial charge in [-0.15, -0.1) is 0 Å². The first kappa shape index (κ1) is 17.8. The van der Waals surface area contributed by atoms with Crippen molar-refractivity contribution in [3.8, 4) is 5.75 Å². The molecule has 0 saturated carbocycles. The smallest absolute Gasteiger partial charge is 0.221 e. The molecule has 0 radical (unpaired) electrons. The standard InChI is InChI=1S/C18H26N4O2/c1-3-19-18(22-15-7-4-5-8-15)20-11-12-24-17-10-6-9-16(13-17)21-14(2)23/h4-6,9-10,13,15H,3,7-8,11-12H2,1-2H3,(H,21,23)(H2,19,20,22). The van der Waals surface area contributed by atoms with Crippen LogP contribution in [0.1, 0.15) is 26.7 Å². The van der Waals surface area contributed by atoms with E-state index in [2.05, 4.69) is 33.1 Å². The van der Waals surface area contributed by atoms with Gasteiger partial charge >= 0.3 is 0 Å². The zero-order valence-electron chi connectivity index (χ0n) is 14.3. The maximum atomic E-state index is 11.1. The SMILES string of the molecule is CCNC(=NCCOc1cccc(NC(C)=O)c1)NC1CC=CC1. The van der Waals surface area contributed by atoms with Crippen LogP contribution in [0.3, 0.4) is 0 Å². The molecule has 6 nitrogen and oxygen atoms in total. The van der Waals surface area contributed by atoms with Crippen molar-refractivity contribution in [3.05, 3.63) is 36.4 Å². The first-order valence-corrected chi connectivity index (χ1v) is 8.37. The molecule has 24 heavy (non-hydrogen) atoms. The van der Waals surface area contributed by atoms with E-state index in [9.17, 15) is 4.79 Å². The molecule has 3 N–H and O–H groups in total. The summed E-state index contributed by atoms with van der Waals surface area (Å²) in [6.45, 7) is 5.39. The van der Waals surface area contributed by atoms with Crippen LogP contribution in [-0.4, -0.2) is 37.6 Å². The molecule has 0 aromatic heterocycles.